The first-order valence-electron chi connectivity index (χ1n) is 19.4. The Kier molecular flexibility index (Phi) is 11.6. The molecule has 0 aliphatic rings. The second-order valence-electron chi connectivity index (χ2n) is 14.3. The van der Waals surface area contributed by atoms with Gasteiger partial charge in [-0.1, -0.05) is 190 Å². The second-order valence-corrected chi connectivity index (χ2v) is 14.3. The molecule has 7 aromatic rings. The Morgan fingerprint density at radius 1 is 0.559 bits per heavy atom. The number of aliphatic imine (C=N–C) groups is 1. The van der Waals surface area contributed by atoms with Gasteiger partial charge in [0.15, 0.2) is 11.5 Å². The standard InChI is InChI=1S/C54H46N2O3/c1-7-37-22-16-25-48(41-28-26-40(27-29-41)39-20-14-11-15-21-39)49(37)47-24-17-23-46(34(47)4)36(6)56-54(55-35(5)38-18-12-10-13-19-38)43-32-30-42(31-33-43)50-44(8-2)51(57)53(59)52(58)45(50)9-3/h7-33,54-55,57-59H,1-3,5H2,4,6H3/b56-36+. The Hall–Kier alpha value is -7.63. The first-order chi connectivity index (χ1) is 28.6. The molecule has 0 radical (unpaired) electrons. The van der Waals surface area contributed by atoms with E-state index >= 15 is 0 Å². The molecular formula is C54H46N2O3. The minimum absolute atomic E-state index is 0.282. The van der Waals surface area contributed by atoms with Crippen molar-refractivity contribution in [2.75, 3.05) is 0 Å². The van der Waals surface area contributed by atoms with E-state index in [2.05, 4.69) is 123 Å². The lowest BCUT2D eigenvalue weighted by Gasteiger charge is -2.22. The molecule has 5 nitrogen and oxygen atoms in total. The smallest absolute Gasteiger partial charge is 0.201 e. The Balaban J connectivity index is 1.30. The first-order valence-corrected chi connectivity index (χ1v) is 19.4. The molecule has 0 bridgehead atoms. The summed E-state index contributed by atoms with van der Waals surface area (Å²) in [5, 5.41) is 35.4. The maximum absolute atomic E-state index is 10.7. The van der Waals surface area contributed by atoms with E-state index in [1.54, 1.807) is 0 Å². The van der Waals surface area contributed by atoms with E-state index in [0.717, 1.165) is 61.3 Å². The van der Waals surface area contributed by atoms with Gasteiger partial charge in [-0.05, 0) is 80.6 Å². The van der Waals surface area contributed by atoms with Crippen molar-refractivity contribution in [2.24, 2.45) is 4.99 Å². The number of benzene rings is 7. The molecular weight excluding hydrogens is 725 g/mol. The van der Waals surface area contributed by atoms with E-state index in [9.17, 15) is 15.3 Å². The molecule has 0 spiro atoms. The highest BCUT2D eigenvalue weighted by Crippen LogP contribution is 2.48. The van der Waals surface area contributed by atoms with E-state index in [4.69, 9.17) is 4.99 Å². The molecule has 7 aromatic carbocycles. The predicted octanol–water partition coefficient (Wildman–Crippen LogP) is 13.5. The van der Waals surface area contributed by atoms with Gasteiger partial charge in [0.25, 0.3) is 0 Å². The molecule has 1 unspecified atom stereocenters. The Bertz CT molecular complexity index is 2690. The molecule has 290 valence electrons. The number of rotatable bonds is 13. The summed E-state index contributed by atoms with van der Waals surface area (Å²) in [5.41, 5.74) is 15.0. The summed E-state index contributed by atoms with van der Waals surface area (Å²) in [6.07, 6.45) is 4.26. The fourth-order valence-electron chi connectivity index (χ4n) is 7.68. The molecule has 4 N–H and O–H groups in total. The van der Waals surface area contributed by atoms with Crippen molar-refractivity contribution in [1.29, 1.82) is 0 Å². The predicted molar refractivity (Wildman–Crippen MR) is 248 cm³/mol. The number of nitrogens with one attached hydrogen (secondary N) is 1. The lowest BCUT2D eigenvalue weighted by molar-refractivity contribution is 0.367. The SMILES string of the molecule is C=Cc1cccc(-c2ccc(-c3ccccc3)cc2)c1-c1cccc(/C(C)=N/C(NC(=C)c2ccccc2)c2ccc(-c3c(C=C)c(O)c(O)c(O)c3C=C)cc2)c1C. The molecule has 59 heavy (non-hydrogen) atoms. The quantitative estimate of drug-likeness (QED) is 0.0695. The fourth-order valence-corrected chi connectivity index (χ4v) is 7.68. The Labute approximate surface area is 346 Å². The number of hydrogen-bond acceptors (Lipinski definition) is 5. The van der Waals surface area contributed by atoms with Crippen LogP contribution in [0, 0.1) is 6.92 Å². The van der Waals surface area contributed by atoms with Crippen LogP contribution in [0.3, 0.4) is 0 Å². The monoisotopic (exact) mass is 770 g/mol. The van der Waals surface area contributed by atoms with E-state index in [1.165, 1.54) is 17.7 Å². The number of hydrogen-bond donors (Lipinski definition) is 4. The van der Waals surface area contributed by atoms with Crippen molar-refractivity contribution < 1.29 is 15.3 Å². The molecule has 0 saturated heterocycles. The largest absolute Gasteiger partial charge is 0.504 e. The highest BCUT2D eigenvalue weighted by molar-refractivity contribution is 6.03. The summed E-state index contributed by atoms with van der Waals surface area (Å²) in [6.45, 7) is 20.4. The van der Waals surface area contributed by atoms with Crippen molar-refractivity contribution in [3.8, 4) is 61.8 Å². The van der Waals surface area contributed by atoms with Gasteiger partial charge in [-0.15, -0.1) is 0 Å². The molecule has 0 heterocycles. The zero-order chi connectivity index (χ0) is 41.6. The van der Waals surface area contributed by atoms with Gasteiger partial charge >= 0.3 is 0 Å². The average molecular weight is 771 g/mol. The molecule has 0 aliphatic heterocycles. The van der Waals surface area contributed by atoms with Crippen molar-refractivity contribution in [1.82, 2.24) is 5.32 Å². The van der Waals surface area contributed by atoms with Crippen molar-refractivity contribution in [2.45, 2.75) is 20.0 Å². The Morgan fingerprint density at radius 2 is 1.10 bits per heavy atom. The third kappa shape index (κ3) is 7.87. The van der Waals surface area contributed by atoms with Crippen LogP contribution in [-0.2, 0) is 0 Å². The third-order valence-corrected chi connectivity index (χ3v) is 10.8. The van der Waals surface area contributed by atoms with Crippen LogP contribution < -0.4 is 5.32 Å². The zero-order valence-electron chi connectivity index (χ0n) is 33.3. The van der Waals surface area contributed by atoms with Crippen molar-refractivity contribution >= 4 is 29.6 Å². The summed E-state index contributed by atoms with van der Waals surface area (Å²) in [7, 11) is 0. The maximum Gasteiger partial charge on any atom is 0.201 e. The van der Waals surface area contributed by atoms with E-state index in [-0.39, 0.29) is 11.1 Å². The van der Waals surface area contributed by atoms with Gasteiger partial charge in [0, 0.05) is 28.1 Å². The summed E-state index contributed by atoms with van der Waals surface area (Å²) in [6, 6.07) is 49.4. The van der Waals surface area contributed by atoms with Crippen LogP contribution in [0.15, 0.2) is 177 Å². The average Bonchev–Trinajstić information content (AvgIpc) is 3.28. The van der Waals surface area contributed by atoms with E-state index in [0.29, 0.717) is 16.8 Å². The minimum atomic E-state index is -0.621. The van der Waals surface area contributed by atoms with Gasteiger partial charge in [0.1, 0.15) is 6.17 Å². The number of aromatic hydroxyl groups is 3. The van der Waals surface area contributed by atoms with Gasteiger partial charge in [-0.25, -0.2) is 0 Å². The second kappa shape index (κ2) is 17.2. The van der Waals surface area contributed by atoms with Crippen LogP contribution in [0.5, 0.6) is 17.2 Å². The molecule has 0 aromatic heterocycles. The highest BCUT2D eigenvalue weighted by Gasteiger charge is 2.23. The van der Waals surface area contributed by atoms with Crippen LogP contribution in [-0.4, -0.2) is 21.0 Å². The number of phenols is 3. The van der Waals surface area contributed by atoms with Crippen molar-refractivity contribution in [3.05, 3.63) is 211 Å². The van der Waals surface area contributed by atoms with Crippen LogP contribution >= 0.6 is 0 Å². The summed E-state index contributed by atoms with van der Waals surface area (Å²) < 4.78 is 0. The van der Waals surface area contributed by atoms with Crippen molar-refractivity contribution in [3.63, 3.8) is 0 Å². The first kappa shape index (κ1) is 39.6. The van der Waals surface area contributed by atoms with Gasteiger partial charge < -0.3 is 20.6 Å². The zero-order valence-corrected chi connectivity index (χ0v) is 33.3. The topological polar surface area (TPSA) is 85.1 Å². The van der Waals surface area contributed by atoms with Crippen LogP contribution in [0.1, 0.15) is 52.0 Å². The number of nitrogens with zero attached hydrogens (tertiary/aromatic N) is 1. The van der Waals surface area contributed by atoms with Crippen LogP contribution in [0.2, 0.25) is 0 Å². The fraction of sp³-hybridized carbons (Fsp3) is 0.0556. The highest BCUT2D eigenvalue weighted by atomic mass is 16.3. The van der Waals surface area contributed by atoms with Crippen LogP contribution in [0.4, 0.5) is 0 Å². The molecule has 7 rings (SSSR count). The molecule has 0 aliphatic carbocycles. The molecule has 0 amide bonds. The van der Waals surface area contributed by atoms with Gasteiger partial charge in [-0.2, -0.15) is 0 Å². The lowest BCUT2D eigenvalue weighted by atomic mass is 9.86. The maximum atomic E-state index is 10.7. The minimum Gasteiger partial charge on any atom is -0.504 e. The number of phenolic OH excluding ortho intramolecular Hbond substituents is 3. The molecule has 1 atom stereocenters. The normalized spacial score (nSPS) is 11.7. The lowest BCUT2D eigenvalue weighted by Crippen LogP contribution is -2.19. The molecule has 0 fully saturated rings. The summed E-state index contributed by atoms with van der Waals surface area (Å²) in [5.74, 6) is -1.53. The van der Waals surface area contributed by atoms with E-state index < -0.39 is 23.4 Å². The van der Waals surface area contributed by atoms with Crippen LogP contribution in [0.25, 0.3) is 68.4 Å². The molecule has 0 saturated carbocycles. The molecule has 5 heteroatoms. The van der Waals surface area contributed by atoms with Gasteiger partial charge in [0.05, 0.1) is 0 Å². The Morgan fingerprint density at radius 3 is 1.71 bits per heavy atom. The third-order valence-electron chi connectivity index (χ3n) is 10.8. The van der Waals surface area contributed by atoms with Gasteiger partial charge in [0.2, 0.25) is 5.75 Å². The van der Waals surface area contributed by atoms with Gasteiger partial charge in [-0.3, -0.25) is 4.99 Å². The summed E-state index contributed by atoms with van der Waals surface area (Å²) >= 11 is 0. The van der Waals surface area contributed by atoms with E-state index in [1.807, 2.05) is 73.7 Å². The summed E-state index contributed by atoms with van der Waals surface area (Å²) in [4.78, 5) is 5.33.